The molecule has 4 aliphatic carbocycles. The SMILES string of the molecule is C[C@H](CCC(=O)O)[C@H]1CC[C@H]2[C@@H]3C[C@H](OS(=O)(=O)O)[C@@H]4C[C@H](OS(=O)(=O)O)CC[C@]4(C)[C@H]3CC[C@]12C. The van der Waals surface area contributed by atoms with Crippen LogP contribution in [0.15, 0.2) is 0 Å². The molecule has 0 heterocycles. The van der Waals surface area contributed by atoms with Crippen LogP contribution < -0.4 is 0 Å². The topological polar surface area (TPSA) is 164 Å². The lowest BCUT2D eigenvalue weighted by Gasteiger charge is -2.62. The van der Waals surface area contributed by atoms with Gasteiger partial charge in [-0.25, -0.2) is 8.37 Å². The van der Waals surface area contributed by atoms with E-state index in [1.165, 1.54) is 0 Å². The number of fused-ring (bicyclic) bond motifs is 5. The standard InChI is InChI=1S/C24H40O10S2/c1-14(4-7-22(25)26)17-5-6-18-16-13-21(34-36(30,31)32)20-12-15(33-35(27,28)29)8-10-24(20,3)19(16)9-11-23(17,18)2/h14-21H,4-13H2,1-3H3,(H,25,26)(H,27,28,29)(H,30,31,32)/t14-,15-,16+,17-,18+,19+,20+,21+,23-,24-/m1/s1. The largest absolute Gasteiger partial charge is 0.481 e. The maximum Gasteiger partial charge on any atom is 0.397 e. The average Bonchev–Trinajstić information content (AvgIpc) is 3.08. The molecule has 4 saturated carbocycles. The van der Waals surface area contributed by atoms with Gasteiger partial charge < -0.3 is 5.11 Å². The molecule has 4 aliphatic rings. The van der Waals surface area contributed by atoms with E-state index in [1.807, 2.05) is 0 Å². The first-order chi connectivity index (χ1) is 16.5. The van der Waals surface area contributed by atoms with Crippen molar-refractivity contribution in [2.45, 2.75) is 97.2 Å². The molecule has 0 unspecified atom stereocenters. The highest BCUT2D eigenvalue weighted by Gasteiger charge is 2.63. The van der Waals surface area contributed by atoms with Crippen LogP contribution >= 0.6 is 0 Å². The van der Waals surface area contributed by atoms with Crippen LogP contribution in [-0.2, 0) is 34.0 Å². The molecule has 36 heavy (non-hydrogen) atoms. The van der Waals surface area contributed by atoms with E-state index in [-0.39, 0.29) is 41.4 Å². The number of hydrogen-bond acceptors (Lipinski definition) is 7. The fourth-order valence-electron chi connectivity index (χ4n) is 9.28. The molecule has 0 aliphatic heterocycles. The first-order valence-electron chi connectivity index (χ1n) is 13.1. The third kappa shape index (κ3) is 5.49. The fraction of sp³-hybridized carbons (Fsp3) is 0.958. The molecule has 10 atom stereocenters. The van der Waals surface area contributed by atoms with Crippen LogP contribution in [0.25, 0.3) is 0 Å². The van der Waals surface area contributed by atoms with Crippen molar-refractivity contribution in [3.8, 4) is 0 Å². The average molecular weight is 553 g/mol. The number of carboxylic acids is 1. The lowest BCUT2D eigenvalue weighted by atomic mass is 9.43. The van der Waals surface area contributed by atoms with Crippen molar-refractivity contribution in [2.24, 2.45) is 46.3 Å². The van der Waals surface area contributed by atoms with E-state index in [0.29, 0.717) is 43.4 Å². The second-order valence-electron chi connectivity index (χ2n) is 12.3. The molecule has 0 radical (unpaired) electrons. The molecule has 3 N–H and O–H groups in total. The minimum atomic E-state index is -4.73. The Morgan fingerprint density at radius 1 is 0.889 bits per heavy atom. The number of hydrogen-bond donors (Lipinski definition) is 3. The van der Waals surface area contributed by atoms with Crippen molar-refractivity contribution >= 4 is 26.8 Å². The number of aliphatic carboxylic acids is 1. The van der Waals surface area contributed by atoms with Gasteiger partial charge in [0, 0.05) is 6.42 Å². The smallest absolute Gasteiger partial charge is 0.397 e. The Labute approximate surface area is 214 Å². The molecule has 0 aromatic carbocycles. The molecule has 4 fully saturated rings. The number of carbonyl (C=O) groups is 1. The Morgan fingerprint density at radius 2 is 1.50 bits per heavy atom. The van der Waals surface area contributed by atoms with Gasteiger partial charge in [0.15, 0.2) is 0 Å². The summed E-state index contributed by atoms with van der Waals surface area (Å²) in [6.07, 6.45) is 4.86. The van der Waals surface area contributed by atoms with Crippen molar-refractivity contribution in [3.05, 3.63) is 0 Å². The van der Waals surface area contributed by atoms with Gasteiger partial charge in [-0.2, -0.15) is 16.8 Å². The maximum atomic E-state index is 11.8. The van der Waals surface area contributed by atoms with Crippen LogP contribution in [0.3, 0.4) is 0 Å². The maximum absolute atomic E-state index is 11.8. The Morgan fingerprint density at radius 3 is 2.11 bits per heavy atom. The molecule has 0 amide bonds. The van der Waals surface area contributed by atoms with E-state index in [4.69, 9.17) is 13.5 Å². The number of carboxylic acid groups (broad SMARTS) is 1. The van der Waals surface area contributed by atoms with Gasteiger partial charge >= 0.3 is 26.8 Å². The molecule has 12 heteroatoms. The van der Waals surface area contributed by atoms with Crippen LogP contribution in [0.2, 0.25) is 0 Å². The van der Waals surface area contributed by atoms with Crippen LogP contribution in [0.5, 0.6) is 0 Å². The van der Waals surface area contributed by atoms with Gasteiger partial charge in [0.1, 0.15) is 0 Å². The second-order valence-corrected chi connectivity index (χ2v) is 14.4. The van der Waals surface area contributed by atoms with E-state index >= 15 is 0 Å². The quantitative estimate of drug-likeness (QED) is 0.373. The van der Waals surface area contributed by atoms with Gasteiger partial charge in [0.05, 0.1) is 12.2 Å². The third-order valence-electron chi connectivity index (χ3n) is 10.7. The molecule has 0 bridgehead atoms. The molecule has 10 nitrogen and oxygen atoms in total. The van der Waals surface area contributed by atoms with Crippen molar-refractivity contribution in [1.82, 2.24) is 0 Å². The lowest BCUT2D eigenvalue weighted by Crippen LogP contribution is -2.59. The Bertz CT molecular complexity index is 1060. The van der Waals surface area contributed by atoms with Gasteiger partial charge in [0.25, 0.3) is 0 Å². The summed E-state index contributed by atoms with van der Waals surface area (Å²) in [4.78, 5) is 11.1. The molecule has 4 rings (SSSR count). The summed E-state index contributed by atoms with van der Waals surface area (Å²) in [6, 6.07) is 0. The molecule has 208 valence electrons. The zero-order valence-electron chi connectivity index (χ0n) is 21.2. The van der Waals surface area contributed by atoms with Crippen LogP contribution in [0, 0.1) is 46.3 Å². The van der Waals surface area contributed by atoms with Crippen molar-refractivity contribution < 1.29 is 44.2 Å². The third-order valence-corrected chi connectivity index (χ3v) is 11.7. The Hall–Kier alpha value is -0.790. The Balaban J connectivity index is 1.61. The summed E-state index contributed by atoms with van der Waals surface area (Å²) in [5.41, 5.74) is -0.304. The van der Waals surface area contributed by atoms with Gasteiger partial charge in [-0.1, -0.05) is 20.8 Å². The number of rotatable bonds is 8. The first-order valence-corrected chi connectivity index (χ1v) is 15.8. The van der Waals surface area contributed by atoms with E-state index in [9.17, 15) is 30.7 Å². The molecular formula is C24H40O10S2. The predicted octanol–water partition coefficient (Wildman–Crippen LogP) is 4.13. The van der Waals surface area contributed by atoms with E-state index < -0.39 is 39.0 Å². The molecule has 0 spiro atoms. The van der Waals surface area contributed by atoms with Crippen molar-refractivity contribution in [2.75, 3.05) is 0 Å². The fourth-order valence-corrected chi connectivity index (χ4v) is 10.3. The monoisotopic (exact) mass is 552 g/mol. The zero-order valence-corrected chi connectivity index (χ0v) is 22.8. The molecule has 0 aromatic rings. The van der Waals surface area contributed by atoms with E-state index in [0.717, 1.165) is 25.7 Å². The first kappa shape index (κ1) is 28.2. The molecule has 0 aromatic heterocycles. The second kappa shape index (κ2) is 9.75. The summed E-state index contributed by atoms with van der Waals surface area (Å²) >= 11 is 0. The predicted molar refractivity (Wildman–Crippen MR) is 129 cm³/mol. The van der Waals surface area contributed by atoms with Crippen molar-refractivity contribution in [1.29, 1.82) is 0 Å². The highest BCUT2D eigenvalue weighted by Crippen LogP contribution is 2.68. The summed E-state index contributed by atoms with van der Waals surface area (Å²) in [5, 5.41) is 9.16. The van der Waals surface area contributed by atoms with Gasteiger partial charge in [-0.15, -0.1) is 0 Å². The lowest BCUT2D eigenvalue weighted by molar-refractivity contribution is -0.164. The zero-order chi connectivity index (χ0) is 26.7. The van der Waals surface area contributed by atoms with Crippen molar-refractivity contribution in [3.63, 3.8) is 0 Å². The Kier molecular flexibility index (Phi) is 7.64. The summed E-state index contributed by atoms with van der Waals surface area (Å²) in [5.74, 6) is 0.359. The minimum absolute atomic E-state index is 0.0240. The summed E-state index contributed by atoms with van der Waals surface area (Å²) in [6.45, 7) is 6.59. The van der Waals surface area contributed by atoms with Crippen LogP contribution in [0.4, 0.5) is 0 Å². The normalized spacial score (nSPS) is 43.8. The van der Waals surface area contributed by atoms with Gasteiger partial charge in [0.2, 0.25) is 0 Å². The molecular weight excluding hydrogens is 512 g/mol. The highest BCUT2D eigenvalue weighted by molar-refractivity contribution is 7.81. The summed E-state index contributed by atoms with van der Waals surface area (Å²) < 4.78 is 75.2. The summed E-state index contributed by atoms with van der Waals surface area (Å²) in [7, 11) is -9.38. The van der Waals surface area contributed by atoms with E-state index in [2.05, 4.69) is 20.8 Å². The van der Waals surface area contributed by atoms with Crippen LogP contribution in [-0.4, -0.2) is 49.2 Å². The van der Waals surface area contributed by atoms with Gasteiger partial charge in [-0.3, -0.25) is 13.9 Å². The molecule has 0 saturated heterocycles. The van der Waals surface area contributed by atoms with E-state index in [1.54, 1.807) is 0 Å². The van der Waals surface area contributed by atoms with Crippen LogP contribution in [0.1, 0.15) is 85.0 Å². The van der Waals surface area contributed by atoms with Gasteiger partial charge in [-0.05, 0) is 104 Å². The highest BCUT2D eigenvalue weighted by atomic mass is 32.3. The minimum Gasteiger partial charge on any atom is -0.481 e.